The zero-order valence-corrected chi connectivity index (χ0v) is 17.0. The van der Waals surface area contributed by atoms with Gasteiger partial charge < -0.3 is 5.32 Å². The van der Waals surface area contributed by atoms with E-state index < -0.39 is 0 Å². The maximum Gasteiger partial charge on any atom is 0.256 e. The summed E-state index contributed by atoms with van der Waals surface area (Å²) < 4.78 is 13.4. The van der Waals surface area contributed by atoms with Crippen LogP contribution < -0.4 is 5.32 Å². The Morgan fingerprint density at radius 1 is 1.21 bits per heavy atom. The molecule has 0 aliphatic carbocycles. The van der Waals surface area contributed by atoms with Gasteiger partial charge in [0.1, 0.15) is 5.82 Å². The van der Waals surface area contributed by atoms with Crippen molar-refractivity contribution in [1.82, 2.24) is 0 Å². The molecule has 150 valence electrons. The van der Waals surface area contributed by atoms with Crippen LogP contribution in [-0.4, -0.2) is 19.1 Å². The van der Waals surface area contributed by atoms with Crippen molar-refractivity contribution in [2.24, 2.45) is 0 Å². The van der Waals surface area contributed by atoms with Crippen molar-refractivity contribution in [3.63, 3.8) is 0 Å². The molecule has 0 fully saturated rings. The summed E-state index contributed by atoms with van der Waals surface area (Å²) in [6.45, 7) is 8.83. The van der Waals surface area contributed by atoms with Crippen molar-refractivity contribution in [2.75, 3.05) is 18.5 Å². The van der Waals surface area contributed by atoms with Crippen molar-refractivity contribution in [2.45, 2.75) is 40.5 Å². The third-order valence-corrected chi connectivity index (χ3v) is 4.52. The summed E-state index contributed by atoms with van der Waals surface area (Å²) >= 11 is 0. The Morgan fingerprint density at radius 3 is 2.71 bits per heavy atom. The van der Waals surface area contributed by atoms with Crippen molar-refractivity contribution >= 4 is 17.2 Å². The zero-order chi connectivity index (χ0) is 20.5. The molecule has 1 aliphatic rings. The molecule has 1 amide bonds. The Kier molecular flexibility index (Phi) is 8.36. The lowest BCUT2D eigenvalue weighted by molar-refractivity contribution is -0.291. The number of allylic oxidation sites excluding steroid dienone is 7. The summed E-state index contributed by atoms with van der Waals surface area (Å²) in [5.74, 6) is -0.561. The van der Waals surface area contributed by atoms with Crippen LogP contribution in [0.2, 0.25) is 0 Å². The molecule has 1 aliphatic heterocycles. The summed E-state index contributed by atoms with van der Waals surface area (Å²) in [6, 6.07) is 4.37. The first-order valence-electron chi connectivity index (χ1n) is 9.55. The molecule has 5 heteroatoms. The predicted octanol–water partition coefficient (Wildman–Crippen LogP) is 5.75. The lowest BCUT2D eigenvalue weighted by atomic mass is 9.96. The Balaban J connectivity index is 2.19. The normalized spacial score (nSPS) is 16.5. The molecule has 0 radical (unpaired) electrons. The number of anilines is 1. The van der Waals surface area contributed by atoms with Crippen LogP contribution in [0, 0.1) is 5.82 Å². The largest absolute Gasteiger partial charge is 0.321 e. The van der Waals surface area contributed by atoms with Crippen LogP contribution in [0.3, 0.4) is 0 Å². The Morgan fingerprint density at radius 2 is 2.00 bits per heavy atom. The van der Waals surface area contributed by atoms with Crippen LogP contribution >= 0.6 is 0 Å². The minimum absolute atomic E-state index is 0.198. The first kappa shape index (κ1) is 21.8. The van der Waals surface area contributed by atoms with Crippen molar-refractivity contribution in [3.8, 4) is 0 Å². The van der Waals surface area contributed by atoms with Gasteiger partial charge in [-0.15, -0.1) is 0 Å². The molecule has 0 spiro atoms. The maximum absolute atomic E-state index is 13.4. The van der Waals surface area contributed by atoms with Gasteiger partial charge in [0.05, 0.1) is 24.5 Å². The Labute approximate surface area is 166 Å². The average molecular weight is 385 g/mol. The highest BCUT2D eigenvalue weighted by Crippen LogP contribution is 2.36. The standard InChI is InChI=1S/C23H28FNO3/c1-5-8-18(9-7-14-28-27-6-2)11-10-16(3)17(4)22-20-13-12-19(24)15-21(20)25-23(22)26/h5,8,10-13,15H,6-7,9,14H2,1-4H3,(H,25,26)/b8-5-,16-10+,18-11+,22-17-. The number of benzene rings is 1. The molecule has 4 nitrogen and oxygen atoms in total. The first-order chi connectivity index (χ1) is 13.5. The topological polar surface area (TPSA) is 47.6 Å². The number of nitrogens with one attached hydrogen (secondary N) is 1. The SMILES string of the molecule is C\C=C/C(=C\C=C(C)\C(C)=C1/C(=O)Nc2cc(F)ccc21)CCCOOCC. The molecule has 0 saturated carbocycles. The van der Waals surface area contributed by atoms with E-state index in [-0.39, 0.29) is 11.7 Å². The van der Waals surface area contributed by atoms with Crippen LogP contribution in [0.1, 0.15) is 46.1 Å². The molecular weight excluding hydrogens is 357 g/mol. The summed E-state index contributed by atoms with van der Waals surface area (Å²) in [6.07, 6.45) is 9.84. The van der Waals surface area contributed by atoms with Crippen LogP contribution in [0.5, 0.6) is 0 Å². The summed E-state index contributed by atoms with van der Waals surface area (Å²) in [7, 11) is 0. The van der Waals surface area contributed by atoms with E-state index in [0.29, 0.717) is 24.5 Å². The monoisotopic (exact) mass is 385 g/mol. The van der Waals surface area contributed by atoms with Gasteiger partial charge in [-0.25, -0.2) is 14.2 Å². The highest BCUT2D eigenvalue weighted by atomic mass is 19.1. The third-order valence-electron chi connectivity index (χ3n) is 4.52. The number of fused-ring (bicyclic) bond motifs is 1. The van der Waals surface area contributed by atoms with Crippen LogP contribution in [0.4, 0.5) is 10.1 Å². The first-order valence-corrected chi connectivity index (χ1v) is 9.55. The van der Waals surface area contributed by atoms with Gasteiger partial charge in [-0.05, 0) is 75.5 Å². The smallest absolute Gasteiger partial charge is 0.256 e. The van der Waals surface area contributed by atoms with E-state index in [1.54, 1.807) is 6.07 Å². The second kappa shape index (κ2) is 10.7. The predicted molar refractivity (Wildman–Crippen MR) is 111 cm³/mol. The molecule has 0 atom stereocenters. The number of halogens is 1. The molecule has 1 heterocycles. The van der Waals surface area contributed by atoms with E-state index in [0.717, 1.165) is 35.1 Å². The molecule has 28 heavy (non-hydrogen) atoms. The van der Waals surface area contributed by atoms with Gasteiger partial charge in [0, 0.05) is 5.56 Å². The third kappa shape index (κ3) is 5.75. The maximum atomic E-state index is 13.4. The van der Waals surface area contributed by atoms with E-state index in [1.807, 2.05) is 39.8 Å². The molecule has 2 rings (SSSR count). The summed E-state index contributed by atoms with van der Waals surface area (Å²) in [4.78, 5) is 22.3. The Hall–Kier alpha value is -2.50. The summed E-state index contributed by atoms with van der Waals surface area (Å²) in [5, 5.41) is 2.74. The quantitative estimate of drug-likeness (QED) is 0.194. The Bertz CT molecular complexity index is 834. The average Bonchev–Trinajstić information content (AvgIpc) is 2.99. The zero-order valence-electron chi connectivity index (χ0n) is 17.0. The lowest BCUT2D eigenvalue weighted by Gasteiger charge is -2.07. The number of carbonyl (C=O) groups excluding carboxylic acids is 1. The number of amides is 1. The highest BCUT2D eigenvalue weighted by molar-refractivity contribution is 6.32. The van der Waals surface area contributed by atoms with Gasteiger partial charge in [-0.3, -0.25) is 4.79 Å². The van der Waals surface area contributed by atoms with E-state index in [2.05, 4.69) is 17.5 Å². The van der Waals surface area contributed by atoms with Crippen molar-refractivity contribution in [3.05, 3.63) is 70.6 Å². The fourth-order valence-electron chi connectivity index (χ4n) is 2.99. The molecule has 0 saturated heterocycles. The minimum Gasteiger partial charge on any atom is -0.321 e. The number of hydrogen-bond donors (Lipinski definition) is 1. The van der Waals surface area contributed by atoms with Crippen molar-refractivity contribution < 1.29 is 19.0 Å². The van der Waals surface area contributed by atoms with E-state index in [1.165, 1.54) is 12.1 Å². The van der Waals surface area contributed by atoms with Gasteiger partial charge in [-0.2, -0.15) is 0 Å². The molecule has 0 aromatic heterocycles. The number of rotatable bonds is 9. The molecular formula is C23H28FNO3. The van der Waals surface area contributed by atoms with Gasteiger partial charge in [0.2, 0.25) is 0 Å². The molecule has 0 bridgehead atoms. The van der Waals surface area contributed by atoms with Crippen LogP contribution in [-0.2, 0) is 14.6 Å². The summed E-state index contributed by atoms with van der Waals surface area (Å²) in [5.41, 5.74) is 4.87. The van der Waals surface area contributed by atoms with Crippen molar-refractivity contribution in [1.29, 1.82) is 0 Å². The fraction of sp³-hybridized carbons (Fsp3) is 0.348. The second-order valence-electron chi connectivity index (χ2n) is 6.57. The van der Waals surface area contributed by atoms with Crippen LogP contribution in [0.25, 0.3) is 5.57 Å². The van der Waals surface area contributed by atoms with Gasteiger partial charge in [0.25, 0.3) is 5.91 Å². The van der Waals surface area contributed by atoms with Gasteiger partial charge in [0.15, 0.2) is 0 Å². The molecule has 1 N–H and O–H groups in total. The molecule has 1 aromatic carbocycles. The van der Waals surface area contributed by atoms with E-state index in [9.17, 15) is 9.18 Å². The van der Waals surface area contributed by atoms with E-state index in [4.69, 9.17) is 9.78 Å². The lowest BCUT2D eigenvalue weighted by Crippen LogP contribution is -2.05. The fourth-order valence-corrected chi connectivity index (χ4v) is 2.99. The van der Waals surface area contributed by atoms with Gasteiger partial charge in [-0.1, -0.05) is 24.3 Å². The van der Waals surface area contributed by atoms with Crippen LogP contribution in [0.15, 0.2) is 59.2 Å². The number of hydrogen-bond acceptors (Lipinski definition) is 3. The van der Waals surface area contributed by atoms with Gasteiger partial charge >= 0.3 is 0 Å². The number of carbonyl (C=O) groups is 1. The highest BCUT2D eigenvalue weighted by Gasteiger charge is 2.26. The molecule has 1 aromatic rings. The van der Waals surface area contributed by atoms with E-state index >= 15 is 0 Å². The molecule has 0 unspecified atom stereocenters. The minimum atomic E-state index is -0.363. The second-order valence-corrected chi connectivity index (χ2v) is 6.57.